The van der Waals surface area contributed by atoms with Gasteiger partial charge in [0.2, 0.25) is 0 Å². The smallest absolute Gasteiger partial charge is 0.0302 e. The molecule has 1 aliphatic carbocycles. The van der Waals surface area contributed by atoms with Gasteiger partial charge in [0.15, 0.2) is 0 Å². The fraction of sp³-hybridized carbons (Fsp3) is 0.643. The lowest BCUT2D eigenvalue weighted by Crippen LogP contribution is -2.28. The van der Waals surface area contributed by atoms with Gasteiger partial charge in [0.1, 0.15) is 0 Å². The Morgan fingerprint density at radius 1 is 1.29 bits per heavy atom. The van der Waals surface area contributed by atoms with Gasteiger partial charge in [-0.3, -0.25) is 4.98 Å². The maximum absolute atomic E-state index is 4.26. The van der Waals surface area contributed by atoms with Crippen molar-refractivity contribution in [3.05, 3.63) is 30.1 Å². The Balaban J connectivity index is 0.00000144. The summed E-state index contributed by atoms with van der Waals surface area (Å²) in [5.74, 6) is 1.54. The second kappa shape index (κ2) is 6.97. The Morgan fingerprint density at radius 3 is 2.71 bits per heavy atom. The highest BCUT2D eigenvalue weighted by Gasteiger charge is 2.26. The third-order valence-electron chi connectivity index (χ3n) is 3.62. The highest BCUT2D eigenvalue weighted by atomic mass is 35.5. The van der Waals surface area contributed by atoms with Crippen molar-refractivity contribution >= 4 is 12.4 Å². The van der Waals surface area contributed by atoms with Crippen molar-refractivity contribution in [1.29, 1.82) is 0 Å². The summed E-state index contributed by atoms with van der Waals surface area (Å²) in [6, 6.07) is 4.31. The Labute approximate surface area is 111 Å². The second-order valence-electron chi connectivity index (χ2n) is 5.20. The number of nitrogens with zero attached hydrogens (tertiary/aromatic N) is 2. The molecule has 0 amide bonds. The van der Waals surface area contributed by atoms with Gasteiger partial charge in [-0.15, -0.1) is 12.4 Å². The molecule has 0 bridgehead atoms. The van der Waals surface area contributed by atoms with E-state index in [-0.39, 0.29) is 12.4 Å². The lowest BCUT2D eigenvalue weighted by atomic mass is 9.76. The molecule has 96 valence electrons. The Kier molecular flexibility index (Phi) is 5.93. The SMILES string of the molecule is CN(C)C[C@@H]1CCCC[C@@H]1c1cccnc1.Cl. The van der Waals surface area contributed by atoms with Crippen LogP contribution in [0.2, 0.25) is 0 Å². The van der Waals surface area contributed by atoms with Crippen molar-refractivity contribution in [2.24, 2.45) is 5.92 Å². The Bertz CT molecular complexity index is 313. The number of pyridine rings is 1. The number of halogens is 1. The molecule has 0 unspecified atom stereocenters. The molecule has 3 heteroatoms. The Morgan fingerprint density at radius 2 is 2.06 bits per heavy atom. The minimum Gasteiger partial charge on any atom is -0.309 e. The summed E-state index contributed by atoms with van der Waals surface area (Å²) in [4.78, 5) is 6.58. The van der Waals surface area contributed by atoms with Gasteiger partial charge in [0.25, 0.3) is 0 Å². The van der Waals surface area contributed by atoms with E-state index in [9.17, 15) is 0 Å². The molecule has 1 aromatic rings. The van der Waals surface area contributed by atoms with E-state index in [1.54, 1.807) is 0 Å². The predicted molar refractivity (Wildman–Crippen MR) is 74.7 cm³/mol. The minimum absolute atomic E-state index is 0. The van der Waals surface area contributed by atoms with E-state index < -0.39 is 0 Å². The van der Waals surface area contributed by atoms with Gasteiger partial charge in [0.05, 0.1) is 0 Å². The number of hydrogen-bond acceptors (Lipinski definition) is 2. The standard InChI is InChI=1S/C14H22N2.ClH/c1-16(2)11-13-6-3-4-8-14(13)12-7-5-9-15-10-12;/h5,7,9-10,13-14H,3-4,6,8,11H2,1-2H3;1H/t13-,14+;/m0./s1. The summed E-state index contributed by atoms with van der Waals surface area (Å²) < 4.78 is 0. The van der Waals surface area contributed by atoms with E-state index in [1.165, 1.54) is 37.8 Å². The minimum atomic E-state index is 0. The van der Waals surface area contributed by atoms with Crippen LogP contribution in [0.15, 0.2) is 24.5 Å². The molecule has 2 rings (SSSR count). The molecule has 0 spiro atoms. The van der Waals surface area contributed by atoms with Crippen LogP contribution in [0.4, 0.5) is 0 Å². The first-order valence-electron chi connectivity index (χ1n) is 6.32. The van der Waals surface area contributed by atoms with Crippen LogP contribution in [-0.2, 0) is 0 Å². The molecule has 1 saturated carbocycles. The van der Waals surface area contributed by atoms with E-state index in [0.29, 0.717) is 0 Å². The fourth-order valence-corrected chi connectivity index (χ4v) is 2.93. The van der Waals surface area contributed by atoms with Gasteiger partial charge in [0, 0.05) is 18.9 Å². The van der Waals surface area contributed by atoms with Crippen LogP contribution in [0.5, 0.6) is 0 Å². The third-order valence-corrected chi connectivity index (χ3v) is 3.62. The van der Waals surface area contributed by atoms with Crippen molar-refractivity contribution in [2.45, 2.75) is 31.6 Å². The first-order valence-corrected chi connectivity index (χ1v) is 6.32. The van der Waals surface area contributed by atoms with Crippen LogP contribution in [0.25, 0.3) is 0 Å². The van der Waals surface area contributed by atoms with Gasteiger partial charge < -0.3 is 4.90 Å². The Hall–Kier alpha value is -0.600. The quantitative estimate of drug-likeness (QED) is 0.823. The van der Waals surface area contributed by atoms with Crippen molar-refractivity contribution in [3.8, 4) is 0 Å². The summed E-state index contributed by atoms with van der Waals surface area (Å²) in [5.41, 5.74) is 1.44. The molecule has 2 nitrogen and oxygen atoms in total. The molecular formula is C14H23ClN2. The first-order chi connectivity index (χ1) is 7.77. The highest BCUT2D eigenvalue weighted by Crippen LogP contribution is 2.37. The average molecular weight is 255 g/mol. The maximum Gasteiger partial charge on any atom is 0.0302 e. The fourth-order valence-electron chi connectivity index (χ4n) is 2.93. The molecule has 1 aliphatic rings. The van der Waals surface area contributed by atoms with Crippen molar-refractivity contribution < 1.29 is 0 Å². The van der Waals surface area contributed by atoms with Gasteiger partial charge in [-0.2, -0.15) is 0 Å². The third kappa shape index (κ3) is 3.97. The zero-order valence-corrected chi connectivity index (χ0v) is 11.6. The van der Waals surface area contributed by atoms with E-state index in [4.69, 9.17) is 0 Å². The summed E-state index contributed by atoms with van der Waals surface area (Å²) >= 11 is 0. The summed E-state index contributed by atoms with van der Waals surface area (Å²) in [6.07, 6.45) is 9.41. The van der Waals surface area contributed by atoms with Gasteiger partial charge in [-0.25, -0.2) is 0 Å². The van der Waals surface area contributed by atoms with Crippen LogP contribution in [0.1, 0.15) is 37.2 Å². The monoisotopic (exact) mass is 254 g/mol. The number of hydrogen-bond donors (Lipinski definition) is 0. The topological polar surface area (TPSA) is 16.1 Å². The van der Waals surface area contributed by atoms with Gasteiger partial charge >= 0.3 is 0 Å². The summed E-state index contributed by atoms with van der Waals surface area (Å²) in [6.45, 7) is 1.21. The molecule has 0 saturated heterocycles. The van der Waals surface area contributed by atoms with E-state index in [1.807, 2.05) is 6.20 Å². The van der Waals surface area contributed by atoms with Gasteiger partial charge in [-0.1, -0.05) is 18.9 Å². The molecule has 0 radical (unpaired) electrons. The van der Waals surface area contributed by atoms with Crippen LogP contribution in [0, 0.1) is 5.92 Å². The second-order valence-corrected chi connectivity index (χ2v) is 5.20. The molecule has 0 N–H and O–H groups in total. The lowest BCUT2D eigenvalue weighted by molar-refractivity contribution is 0.233. The van der Waals surface area contributed by atoms with Crippen molar-refractivity contribution in [1.82, 2.24) is 9.88 Å². The molecule has 1 aromatic heterocycles. The highest BCUT2D eigenvalue weighted by molar-refractivity contribution is 5.85. The van der Waals surface area contributed by atoms with Gasteiger partial charge in [-0.05, 0) is 50.4 Å². The van der Waals surface area contributed by atoms with Crippen LogP contribution in [0.3, 0.4) is 0 Å². The summed E-state index contributed by atoms with van der Waals surface area (Å²) in [7, 11) is 4.35. The zero-order chi connectivity index (χ0) is 11.4. The number of aromatic nitrogens is 1. The molecule has 2 atom stereocenters. The molecular weight excluding hydrogens is 232 g/mol. The molecule has 0 aliphatic heterocycles. The normalized spacial score (nSPS) is 24.4. The zero-order valence-electron chi connectivity index (χ0n) is 10.8. The maximum atomic E-state index is 4.26. The first kappa shape index (κ1) is 14.5. The summed E-state index contributed by atoms with van der Waals surface area (Å²) in [5, 5.41) is 0. The van der Waals surface area contributed by atoms with Crippen molar-refractivity contribution in [2.75, 3.05) is 20.6 Å². The van der Waals surface area contributed by atoms with Crippen molar-refractivity contribution in [3.63, 3.8) is 0 Å². The molecule has 0 aromatic carbocycles. The molecule has 17 heavy (non-hydrogen) atoms. The van der Waals surface area contributed by atoms with Crippen LogP contribution < -0.4 is 0 Å². The van der Waals surface area contributed by atoms with E-state index in [0.717, 1.165) is 11.8 Å². The average Bonchev–Trinajstić information content (AvgIpc) is 2.30. The van der Waals surface area contributed by atoms with Crippen LogP contribution >= 0.6 is 12.4 Å². The van der Waals surface area contributed by atoms with E-state index >= 15 is 0 Å². The van der Waals surface area contributed by atoms with E-state index in [2.05, 4.69) is 42.3 Å². The predicted octanol–water partition coefficient (Wildman–Crippen LogP) is 3.34. The molecule has 1 heterocycles. The largest absolute Gasteiger partial charge is 0.309 e. The lowest BCUT2D eigenvalue weighted by Gasteiger charge is -2.33. The number of rotatable bonds is 3. The van der Waals surface area contributed by atoms with Crippen LogP contribution in [-0.4, -0.2) is 30.5 Å². The molecule has 1 fully saturated rings.